The number of aromatic nitrogens is 2. The van der Waals surface area contributed by atoms with Crippen LogP contribution < -0.4 is 0 Å². The number of hydrogen-bond acceptors (Lipinski definition) is 3. The van der Waals surface area contributed by atoms with Crippen LogP contribution in [0.5, 0.6) is 0 Å². The first kappa shape index (κ1) is 14.9. The van der Waals surface area contributed by atoms with Crippen molar-refractivity contribution in [3.63, 3.8) is 0 Å². The zero-order chi connectivity index (χ0) is 15.4. The van der Waals surface area contributed by atoms with E-state index >= 15 is 0 Å². The summed E-state index contributed by atoms with van der Waals surface area (Å²) in [6.45, 7) is 8.69. The van der Waals surface area contributed by atoms with E-state index in [-0.39, 0.29) is 0 Å². The molecular formula is C18H23N3O. The van der Waals surface area contributed by atoms with Crippen molar-refractivity contribution in [2.45, 2.75) is 26.8 Å². The number of furan rings is 1. The van der Waals surface area contributed by atoms with Gasteiger partial charge in [-0.15, -0.1) is 0 Å². The zero-order valence-corrected chi connectivity index (χ0v) is 13.3. The monoisotopic (exact) mass is 297 g/mol. The van der Waals surface area contributed by atoms with Crippen molar-refractivity contribution in [2.75, 3.05) is 19.6 Å². The number of nitrogens with zero attached hydrogens (tertiary/aromatic N) is 3. The van der Waals surface area contributed by atoms with Crippen LogP contribution in [0.15, 0.2) is 47.1 Å². The fraction of sp³-hybridized carbons (Fsp3) is 0.389. The van der Waals surface area contributed by atoms with Crippen molar-refractivity contribution < 1.29 is 4.42 Å². The fourth-order valence-corrected chi connectivity index (χ4v) is 2.89. The second-order valence-electron chi connectivity index (χ2n) is 5.43. The SMILES string of the molecule is CCN(CC)CCCn1c(-c2ccco2)nc2ccccc21. The Kier molecular flexibility index (Phi) is 4.59. The predicted octanol–water partition coefficient (Wildman–Crippen LogP) is 4.03. The molecule has 0 aliphatic carbocycles. The molecule has 4 heteroatoms. The third-order valence-corrected chi connectivity index (χ3v) is 4.15. The molecule has 116 valence electrons. The van der Waals surface area contributed by atoms with E-state index in [9.17, 15) is 0 Å². The van der Waals surface area contributed by atoms with Gasteiger partial charge in [0.15, 0.2) is 11.6 Å². The van der Waals surface area contributed by atoms with Gasteiger partial charge in [0.2, 0.25) is 0 Å². The smallest absolute Gasteiger partial charge is 0.177 e. The average Bonchev–Trinajstić information content (AvgIpc) is 3.19. The molecule has 2 heterocycles. The van der Waals surface area contributed by atoms with E-state index in [4.69, 9.17) is 9.40 Å². The van der Waals surface area contributed by atoms with E-state index in [1.807, 2.05) is 18.2 Å². The summed E-state index contributed by atoms with van der Waals surface area (Å²) in [5.41, 5.74) is 2.20. The van der Waals surface area contributed by atoms with Crippen molar-refractivity contribution in [2.24, 2.45) is 0 Å². The van der Waals surface area contributed by atoms with Gasteiger partial charge < -0.3 is 13.9 Å². The Labute approximate surface area is 131 Å². The number of imidazole rings is 1. The number of hydrogen-bond donors (Lipinski definition) is 0. The van der Waals surface area contributed by atoms with E-state index < -0.39 is 0 Å². The van der Waals surface area contributed by atoms with Crippen LogP contribution in [0, 0.1) is 0 Å². The first-order chi connectivity index (χ1) is 10.8. The molecule has 3 rings (SSSR count). The number of para-hydroxylation sites is 2. The Bertz CT molecular complexity index is 711. The number of fused-ring (bicyclic) bond motifs is 1. The minimum Gasteiger partial charge on any atom is -0.461 e. The lowest BCUT2D eigenvalue weighted by Gasteiger charge is -2.18. The summed E-state index contributed by atoms with van der Waals surface area (Å²) in [5.74, 6) is 1.75. The molecule has 0 unspecified atom stereocenters. The molecule has 22 heavy (non-hydrogen) atoms. The molecule has 0 amide bonds. The predicted molar refractivity (Wildman–Crippen MR) is 89.8 cm³/mol. The highest BCUT2D eigenvalue weighted by molar-refractivity contribution is 5.79. The van der Waals surface area contributed by atoms with Crippen molar-refractivity contribution in [3.05, 3.63) is 42.7 Å². The summed E-state index contributed by atoms with van der Waals surface area (Å²) < 4.78 is 7.84. The normalized spacial score (nSPS) is 11.6. The molecule has 0 bridgehead atoms. The first-order valence-corrected chi connectivity index (χ1v) is 8.05. The third-order valence-electron chi connectivity index (χ3n) is 4.15. The van der Waals surface area contributed by atoms with E-state index in [0.29, 0.717) is 0 Å². The Morgan fingerprint density at radius 2 is 1.91 bits per heavy atom. The molecule has 0 atom stereocenters. The van der Waals surface area contributed by atoms with Crippen LogP contribution in [0.4, 0.5) is 0 Å². The maximum Gasteiger partial charge on any atom is 0.177 e. The van der Waals surface area contributed by atoms with Crippen molar-refractivity contribution in [3.8, 4) is 11.6 Å². The topological polar surface area (TPSA) is 34.2 Å². The van der Waals surface area contributed by atoms with Crippen LogP contribution in [-0.2, 0) is 6.54 Å². The molecule has 0 saturated heterocycles. The van der Waals surface area contributed by atoms with Gasteiger partial charge in [0.1, 0.15) is 0 Å². The van der Waals surface area contributed by atoms with Gasteiger partial charge in [-0.2, -0.15) is 0 Å². The molecule has 2 aromatic heterocycles. The van der Waals surface area contributed by atoms with Gasteiger partial charge in [-0.05, 0) is 50.3 Å². The van der Waals surface area contributed by atoms with Gasteiger partial charge in [0.05, 0.1) is 17.3 Å². The summed E-state index contributed by atoms with van der Waals surface area (Å²) in [7, 11) is 0. The highest BCUT2D eigenvalue weighted by Gasteiger charge is 2.14. The summed E-state index contributed by atoms with van der Waals surface area (Å²) in [6, 6.07) is 12.2. The van der Waals surface area contributed by atoms with Crippen LogP contribution in [0.3, 0.4) is 0 Å². The Balaban J connectivity index is 1.88. The summed E-state index contributed by atoms with van der Waals surface area (Å²) >= 11 is 0. The largest absolute Gasteiger partial charge is 0.461 e. The summed E-state index contributed by atoms with van der Waals surface area (Å²) in [5, 5.41) is 0. The minimum absolute atomic E-state index is 0.832. The lowest BCUT2D eigenvalue weighted by Crippen LogP contribution is -2.24. The zero-order valence-electron chi connectivity index (χ0n) is 13.3. The van der Waals surface area contributed by atoms with Gasteiger partial charge in [-0.3, -0.25) is 0 Å². The van der Waals surface area contributed by atoms with Gasteiger partial charge >= 0.3 is 0 Å². The van der Waals surface area contributed by atoms with Crippen molar-refractivity contribution in [1.29, 1.82) is 0 Å². The van der Waals surface area contributed by atoms with E-state index in [1.165, 1.54) is 5.52 Å². The lowest BCUT2D eigenvalue weighted by molar-refractivity contribution is 0.294. The molecule has 0 aliphatic rings. The molecule has 0 radical (unpaired) electrons. The number of aryl methyl sites for hydroxylation is 1. The second kappa shape index (κ2) is 6.79. The van der Waals surface area contributed by atoms with Crippen LogP contribution >= 0.6 is 0 Å². The molecule has 0 spiro atoms. The Morgan fingerprint density at radius 3 is 2.64 bits per heavy atom. The second-order valence-corrected chi connectivity index (χ2v) is 5.43. The molecular weight excluding hydrogens is 274 g/mol. The molecule has 0 aliphatic heterocycles. The lowest BCUT2D eigenvalue weighted by atomic mass is 10.3. The summed E-state index contributed by atoms with van der Waals surface area (Å²) in [6.07, 6.45) is 2.81. The van der Waals surface area contributed by atoms with E-state index in [2.05, 4.69) is 41.5 Å². The standard InChI is InChI=1S/C18H23N3O/c1-3-20(4-2)12-8-13-21-16-10-6-5-9-15(16)19-18(21)17-11-7-14-22-17/h5-7,9-11,14H,3-4,8,12-13H2,1-2H3. The van der Waals surface area contributed by atoms with Crippen LogP contribution in [0.2, 0.25) is 0 Å². The maximum absolute atomic E-state index is 5.57. The highest BCUT2D eigenvalue weighted by Crippen LogP contribution is 2.25. The van der Waals surface area contributed by atoms with Gasteiger partial charge in [-0.25, -0.2) is 4.98 Å². The number of benzene rings is 1. The average molecular weight is 297 g/mol. The first-order valence-electron chi connectivity index (χ1n) is 8.05. The van der Waals surface area contributed by atoms with Gasteiger partial charge in [0.25, 0.3) is 0 Å². The van der Waals surface area contributed by atoms with Gasteiger partial charge in [0, 0.05) is 6.54 Å². The Morgan fingerprint density at radius 1 is 1.09 bits per heavy atom. The molecule has 0 fully saturated rings. The molecule has 3 aromatic rings. The van der Waals surface area contributed by atoms with Crippen LogP contribution in [0.25, 0.3) is 22.6 Å². The molecule has 1 aromatic carbocycles. The van der Waals surface area contributed by atoms with Crippen molar-refractivity contribution in [1.82, 2.24) is 14.5 Å². The molecule has 4 nitrogen and oxygen atoms in total. The maximum atomic E-state index is 5.57. The van der Waals surface area contributed by atoms with E-state index in [0.717, 1.165) is 49.7 Å². The minimum atomic E-state index is 0.832. The van der Waals surface area contributed by atoms with E-state index in [1.54, 1.807) is 6.26 Å². The van der Waals surface area contributed by atoms with Crippen LogP contribution in [0.1, 0.15) is 20.3 Å². The fourth-order valence-electron chi connectivity index (χ4n) is 2.89. The Hall–Kier alpha value is -2.07. The van der Waals surface area contributed by atoms with Crippen molar-refractivity contribution >= 4 is 11.0 Å². The number of rotatable bonds is 7. The molecule has 0 N–H and O–H groups in total. The van der Waals surface area contributed by atoms with Gasteiger partial charge in [-0.1, -0.05) is 26.0 Å². The molecule has 0 saturated carbocycles. The third kappa shape index (κ3) is 2.92. The highest BCUT2D eigenvalue weighted by atomic mass is 16.3. The van der Waals surface area contributed by atoms with Crippen LogP contribution in [-0.4, -0.2) is 34.1 Å². The quantitative estimate of drug-likeness (QED) is 0.660. The summed E-state index contributed by atoms with van der Waals surface area (Å²) in [4.78, 5) is 7.20.